The third-order valence-corrected chi connectivity index (χ3v) is 15.3. The van der Waals surface area contributed by atoms with E-state index in [0.717, 1.165) is 36.3 Å². The molecule has 5 atom stereocenters. The van der Waals surface area contributed by atoms with Crippen LogP contribution in [-0.4, -0.2) is 9.55 Å². The second-order valence-electron chi connectivity index (χ2n) is 18.6. The van der Waals surface area contributed by atoms with Crippen molar-refractivity contribution in [3.05, 3.63) is 150 Å². The SMILES string of the molecule is CCCCCC(C)c1cccc(C(C)C)c1-n1ccnc1-c1ccccc1C1(CC)C(CC)C1(C)CC1c2ccc3c(oc4ccccc43)c2-c2c3ccccc3cc[n+]21. The fourth-order valence-electron chi connectivity index (χ4n) is 12.5. The van der Waals surface area contributed by atoms with Gasteiger partial charge in [-0.25, -0.2) is 4.98 Å². The number of nitrogens with zero attached hydrogens (tertiary/aromatic N) is 3. The van der Waals surface area contributed by atoms with Crippen molar-refractivity contribution in [1.29, 1.82) is 0 Å². The maximum absolute atomic E-state index is 6.82. The average Bonchev–Trinajstić information content (AvgIpc) is 3.74. The predicted molar refractivity (Wildman–Crippen MR) is 249 cm³/mol. The van der Waals surface area contributed by atoms with E-state index in [0.29, 0.717) is 17.8 Å². The third kappa shape index (κ3) is 5.62. The third-order valence-electron chi connectivity index (χ3n) is 15.3. The summed E-state index contributed by atoms with van der Waals surface area (Å²) in [6.45, 7) is 16.9. The normalized spacial score (nSPS) is 21.3. The monoisotopic (exact) mass is 790 g/mol. The van der Waals surface area contributed by atoms with Crippen LogP contribution in [0.25, 0.3) is 61.0 Å². The minimum absolute atomic E-state index is 0.0211. The largest absolute Gasteiger partial charge is 0.455 e. The fraction of sp³-hybridized carbons (Fsp3) is 0.357. The zero-order valence-corrected chi connectivity index (χ0v) is 36.6. The van der Waals surface area contributed by atoms with Crippen LogP contribution in [0.1, 0.15) is 134 Å². The number of rotatable bonds is 13. The van der Waals surface area contributed by atoms with E-state index in [9.17, 15) is 0 Å². The minimum Gasteiger partial charge on any atom is -0.455 e. The highest BCUT2D eigenvalue weighted by Crippen LogP contribution is 2.76. The van der Waals surface area contributed by atoms with Crippen LogP contribution in [0.15, 0.2) is 132 Å². The van der Waals surface area contributed by atoms with Crippen LogP contribution in [-0.2, 0) is 5.41 Å². The lowest BCUT2D eigenvalue weighted by Gasteiger charge is -2.27. The van der Waals surface area contributed by atoms with Gasteiger partial charge < -0.3 is 4.42 Å². The Morgan fingerprint density at radius 2 is 1.55 bits per heavy atom. The summed E-state index contributed by atoms with van der Waals surface area (Å²) < 4.78 is 11.9. The Labute approximate surface area is 356 Å². The topological polar surface area (TPSA) is 34.8 Å². The van der Waals surface area contributed by atoms with E-state index >= 15 is 0 Å². The van der Waals surface area contributed by atoms with Gasteiger partial charge in [0.1, 0.15) is 17.0 Å². The summed E-state index contributed by atoms with van der Waals surface area (Å²) in [6.07, 6.45) is 14.8. The van der Waals surface area contributed by atoms with Crippen molar-refractivity contribution in [2.45, 2.75) is 117 Å². The number of hydrogen-bond acceptors (Lipinski definition) is 2. The first-order valence-corrected chi connectivity index (χ1v) is 22.9. The summed E-state index contributed by atoms with van der Waals surface area (Å²) in [6, 6.07) is 40.9. The Balaban J connectivity index is 1.11. The molecule has 304 valence electrons. The number of benzene rings is 5. The number of furan rings is 1. The van der Waals surface area contributed by atoms with Gasteiger partial charge in [0.25, 0.3) is 0 Å². The Kier molecular flexibility index (Phi) is 9.62. The van der Waals surface area contributed by atoms with Gasteiger partial charge in [-0.1, -0.05) is 159 Å². The van der Waals surface area contributed by atoms with E-state index in [1.54, 1.807) is 0 Å². The molecule has 0 amide bonds. The first kappa shape index (κ1) is 38.7. The molecule has 0 radical (unpaired) electrons. The number of aromatic nitrogens is 3. The van der Waals surface area contributed by atoms with Crippen molar-refractivity contribution in [3.63, 3.8) is 0 Å². The maximum atomic E-state index is 6.82. The number of para-hydroxylation sites is 2. The number of imidazole rings is 1. The molecule has 1 saturated carbocycles. The molecule has 1 aliphatic carbocycles. The van der Waals surface area contributed by atoms with Gasteiger partial charge in [0.15, 0.2) is 12.2 Å². The van der Waals surface area contributed by atoms with Crippen molar-refractivity contribution in [1.82, 2.24) is 9.55 Å². The second-order valence-corrected chi connectivity index (χ2v) is 18.6. The highest BCUT2D eigenvalue weighted by atomic mass is 16.3. The highest BCUT2D eigenvalue weighted by Gasteiger charge is 2.73. The van der Waals surface area contributed by atoms with Crippen molar-refractivity contribution < 1.29 is 8.98 Å². The fourth-order valence-corrected chi connectivity index (χ4v) is 12.5. The summed E-state index contributed by atoms with van der Waals surface area (Å²) in [5, 5.41) is 4.92. The molecule has 8 aromatic rings. The van der Waals surface area contributed by atoms with Gasteiger partial charge >= 0.3 is 0 Å². The molecule has 4 heterocycles. The molecular weight excluding hydrogens is 731 g/mol. The second kappa shape index (κ2) is 14.9. The molecule has 4 heteroatoms. The Morgan fingerprint density at radius 3 is 2.35 bits per heavy atom. The molecule has 0 N–H and O–H groups in total. The molecule has 3 aromatic heterocycles. The lowest BCUT2D eigenvalue weighted by atomic mass is 9.78. The van der Waals surface area contributed by atoms with Crippen LogP contribution < -0.4 is 4.57 Å². The van der Waals surface area contributed by atoms with Crippen molar-refractivity contribution in [2.75, 3.05) is 0 Å². The van der Waals surface area contributed by atoms with Gasteiger partial charge in [-0.05, 0) is 76.3 Å². The first-order valence-electron chi connectivity index (χ1n) is 22.9. The molecule has 10 rings (SSSR count). The minimum atomic E-state index is -0.0211. The summed E-state index contributed by atoms with van der Waals surface area (Å²) >= 11 is 0. The smallest absolute Gasteiger partial charge is 0.225 e. The van der Waals surface area contributed by atoms with Gasteiger partial charge in [0.2, 0.25) is 5.69 Å². The molecular formula is C56H60N3O+. The van der Waals surface area contributed by atoms with Crippen LogP contribution in [0.3, 0.4) is 0 Å². The van der Waals surface area contributed by atoms with E-state index in [4.69, 9.17) is 9.40 Å². The van der Waals surface area contributed by atoms with Crippen LogP contribution >= 0.6 is 0 Å². The van der Waals surface area contributed by atoms with Crippen LogP contribution in [0, 0.1) is 11.3 Å². The number of fused-ring (bicyclic) bond motifs is 9. The average molecular weight is 791 g/mol. The first-order chi connectivity index (χ1) is 29.3. The Bertz CT molecular complexity index is 2890. The maximum Gasteiger partial charge on any atom is 0.225 e. The van der Waals surface area contributed by atoms with Crippen molar-refractivity contribution in [2.24, 2.45) is 11.3 Å². The Hall–Kier alpha value is -5.48. The molecule has 0 saturated heterocycles. The molecule has 5 aromatic carbocycles. The Morgan fingerprint density at radius 1 is 0.783 bits per heavy atom. The molecule has 4 nitrogen and oxygen atoms in total. The van der Waals surface area contributed by atoms with Gasteiger partial charge in [0.05, 0.1) is 16.6 Å². The lowest BCUT2D eigenvalue weighted by molar-refractivity contribution is -0.698. The van der Waals surface area contributed by atoms with Crippen molar-refractivity contribution >= 4 is 32.7 Å². The molecule has 2 aliphatic rings. The standard InChI is InChI=1S/C56H60N3O/c1-8-11-12-20-37(6)40-26-19-25-39(36(4)5)51(40)59-34-32-57-54(59)44-24-15-17-27-46(44)56(10-3)49(9-2)55(56,7)35-47-45-30-29-43-42-23-16-18-28-48(42)60-53(43)50(45)52-41-22-14-13-21-38(41)31-33-58(47)52/h13-19,21-34,36-37,47,49H,8-12,20,35H2,1-7H3/q+1. The van der Waals surface area contributed by atoms with E-state index in [1.807, 2.05) is 6.20 Å². The van der Waals surface area contributed by atoms with E-state index < -0.39 is 0 Å². The van der Waals surface area contributed by atoms with Gasteiger partial charge in [-0.15, -0.1) is 0 Å². The van der Waals surface area contributed by atoms with Crippen LogP contribution in [0.4, 0.5) is 0 Å². The van der Waals surface area contributed by atoms with E-state index in [-0.39, 0.29) is 16.9 Å². The highest BCUT2D eigenvalue weighted by molar-refractivity contribution is 6.12. The van der Waals surface area contributed by atoms with Gasteiger partial charge in [-0.3, -0.25) is 4.57 Å². The molecule has 60 heavy (non-hydrogen) atoms. The zero-order valence-electron chi connectivity index (χ0n) is 36.6. The van der Waals surface area contributed by atoms with E-state index in [2.05, 4.69) is 179 Å². The quantitative estimate of drug-likeness (QED) is 0.0861. The summed E-state index contributed by atoms with van der Waals surface area (Å²) in [5.41, 5.74) is 12.8. The molecule has 0 bridgehead atoms. The van der Waals surface area contributed by atoms with Crippen molar-refractivity contribution in [3.8, 4) is 28.3 Å². The number of unbranched alkanes of at least 4 members (excludes halogenated alkanes) is 2. The van der Waals surface area contributed by atoms with Gasteiger partial charge in [0, 0.05) is 52.2 Å². The number of hydrogen-bond donors (Lipinski definition) is 0. The zero-order chi connectivity index (χ0) is 41.3. The summed E-state index contributed by atoms with van der Waals surface area (Å²) in [7, 11) is 0. The molecule has 1 aliphatic heterocycles. The van der Waals surface area contributed by atoms with Crippen LogP contribution in [0.2, 0.25) is 0 Å². The number of pyridine rings is 1. The van der Waals surface area contributed by atoms with Crippen LogP contribution in [0.5, 0.6) is 0 Å². The summed E-state index contributed by atoms with van der Waals surface area (Å²) in [4.78, 5) is 5.26. The lowest BCUT2D eigenvalue weighted by Crippen LogP contribution is -2.39. The molecule has 5 unspecified atom stereocenters. The molecule has 0 spiro atoms. The summed E-state index contributed by atoms with van der Waals surface area (Å²) in [5.74, 6) is 2.42. The van der Waals surface area contributed by atoms with Gasteiger partial charge in [-0.2, -0.15) is 4.57 Å². The molecule has 1 fully saturated rings. The van der Waals surface area contributed by atoms with E-state index in [1.165, 1.54) is 92.0 Å². The predicted octanol–water partition coefficient (Wildman–Crippen LogP) is 15.0.